The third-order valence-corrected chi connectivity index (χ3v) is 4.05. The average molecular weight is 283 g/mol. The molecule has 0 amide bonds. The minimum Gasteiger partial charge on any atom is -0.369 e. The van der Waals surface area contributed by atoms with Crippen molar-refractivity contribution in [1.29, 1.82) is 0 Å². The maximum atomic E-state index is 13.7. The molecule has 0 atom stereocenters. The molecule has 3 rings (SSSR count). The topological polar surface area (TPSA) is 6.48 Å². The van der Waals surface area contributed by atoms with E-state index < -0.39 is 0 Å². The average Bonchev–Trinajstić information content (AvgIpc) is 2.51. The van der Waals surface area contributed by atoms with Gasteiger partial charge in [-0.2, -0.15) is 0 Å². The highest BCUT2D eigenvalue weighted by atomic mass is 19.1. The van der Waals surface area contributed by atoms with Gasteiger partial charge in [0.05, 0.1) is 0 Å². The molecule has 1 radical (unpaired) electrons. The number of hydrogen-bond acceptors (Lipinski definition) is 2. The van der Waals surface area contributed by atoms with Crippen LogP contribution >= 0.6 is 0 Å². The Morgan fingerprint density at radius 2 is 1.86 bits per heavy atom. The van der Waals surface area contributed by atoms with Gasteiger partial charge in [-0.3, -0.25) is 0 Å². The van der Waals surface area contributed by atoms with E-state index in [-0.39, 0.29) is 5.82 Å². The van der Waals surface area contributed by atoms with Gasteiger partial charge in [0.15, 0.2) is 0 Å². The SMILES string of the molecule is CN1CCN(c2c[c]cc(Cc3ccccc3F)c2)CC1. The molecule has 2 aromatic rings. The molecule has 1 heterocycles. The fourth-order valence-electron chi connectivity index (χ4n) is 2.72. The Kier molecular flexibility index (Phi) is 4.20. The number of likely N-dealkylation sites (N-methyl/N-ethyl adjacent to an activating group) is 1. The Morgan fingerprint density at radius 3 is 2.62 bits per heavy atom. The van der Waals surface area contributed by atoms with Gasteiger partial charge in [0.25, 0.3) is 0 Å². The molecule has 1 fully saturated rings. The fourth-order valence-corrected chi connectivity index (χ4v) is 2.72. The maximum absolute atomic E-state index is 13.7. The van der Waals surface area contributed by atoms with E-state index in [9.17, 15) is 4.39 Å². The summed E-state index contributed by atoms with van der Waals surface area (Å²) in [4.78, 5) is 4.71. The zero-order valence-corrected chi connectivity index (χ0v) is 12.3. The summed E-state index contributed by atoms with van der Waals surface area (Å²) in [7, 11) is 2.15. The summed E-state index contributed by atoms with van der Waals surface area (Å²) in [5.74, 6) is -0.137. The second-order valence-electron chi connectivity index (χ2n) is 5.66. The van der Waals surface area contributed by atoms with E-state index in [1.807, 2.05) is 24.3 Å². The molecule has 0 N–H and O–H groups in total. The normalized spacial score (nSPS) is 16.2. The van der Waals surface area contributed by atoms with E-state index in [2.05, 4.69) is 29.0 Å². The predicted molar refractivity (Wildman–Crippen MR) is 84.2 cm³/mol. The monoisotopic (exact) mass is 283 g/mol. The van der Waals surface area contributed by atoms with E-state index >= 15 is 0 Å². The first kappa shape index (κ1) is 14.1. The van der Waals surface area contributed by atoms with Crippen molar-refractivity contribution in [1.82, 2.24) is 4.90 Å². The minimum absolute atomic E-state index is 0.137. The van der Waals surface area contributed by atoms with Crippen molar-refractivity contribution in [2.24, 2.45) is 0 Å². The summed E-state index contributed by atoms with van der Waals surface area (Å²) in [6, 6.07) is 16.3. The van der Waals surface area contributed by atoms with Gasteiger partial charge in [-0.25, -0.2) is 4.39 Å². The molecule has 1 aliphatic rings. The smallest absolute Gasteiger partial charge is 0.126 e. The molecule has 0 bridgehead atoms. The molecule has 3 heteroatoms. The van der Waals surface area contributed by atoms with Gasteiger partial charge in [-0.05, 0) is 42.4 Å². The van der Waals surface area contributed by atoms with Gasteiger partial charge in [-0.15, -0.1) is 0 Å². The van der Waals surface area contributed by atoms with Crippen LogP contribution in [0.1, 0.15) is 11.1 Å². The third-order valence-electron chi connectivity index (χ3n) is 4.05. The molecular formula is C18H20FN2. The van der Waals surface area contributed by atoms with Crippen LogP contribution in [0.25, 0.3) is 0 Å². The molecule has 1 saturated heterocycles. The van der Waals surface area contributed by atoms with Crippen molar-refractivity contribution < 1.29 is 4.39 Å². The third kappa shape index (κ3) is 3.42. The number of anilines is 1. The van der Waals surface area contributed by atoms with Crippen molar-refractivity contribution >= 4 is 5.69 Å². The highest BCUT2D eigenvalue weighted by Crippen LogP contribution is 2.20. The van der Waals surface area contributed by atoms with Crippen LogP contribution in [0.15, 0.2) is 42.5 Å². The quantitative estimate of drug-likeness (QED) is 0.854. The highest BCUT2D eigenvalue weighted by molar-refractivity contribution is 5.49. The van der Waals surface area contributed by atoms with Gasteiger partial charge >= 0.3 is 0 Å². The molecule has 2 nitrogen and oxygen atoms in total. The number of hydrogen-bond donors (Lipinski definition) is 0. The lowest BCUT2D eigenvalue weighted by Crippen LogP contribution is -2.44. The zero-order valence-electron chi connectivity index (χ0n) is 12.3. The van der Waals surface area contributed by atoms with Gasteiger partial charge < -0.3 is 9.80 Å². The van der Waals surface area contributed by atoms with Crippen LogP contribution in [0, 0.1) is 11.9 Å². The lowest BCUT2D eigenvalue weighted by molar-refractivity contribution is 0.313. The van der Waals surface area contributed by atoms with Crippen molar-refractivity contribution in [3.8, 4) is 0 Å². The van der Waals surface area contributed by atoms with Crippen LogP contribution in [0.5, 0.6) is 0 Å². The second kappa shape index (κ2) is 6.27. The molecule has 21 heavy (non-hydrogen) atoms. The van der Waals surface area contributed by atoms with Crippen LogP contribution < -0.4 is 4.90 Å². The van der Waals surface area contributed by atoms with Crippen molar-refractivity contribution in [2.75, 3.05) is 38.1 Å². The number of halogens is 1. The number of nitrogens with zero attached hydrogens (tertiary/aromatic N) is 2. The van der Waals surface area contributed by atoms with Crippen molar-refractivity contribution in [2.45, 2.75) is 6.42 Å². The Hall–Kier alpha value is -1.87. The highest BCUT2D eigenvalue weighted by Gasteiger charge is 2.14. The Morgan fingerprint density at radius 1 is 1.10 bits per heavy atom. The molecular weight excluding hydrogens is 263 g/mol. The van der Waals surface area contributed by atoms with E-state index in [1.165, 1.54) is 11.8 Å². The van der Waals surface area contributed by atoms with E-state index in [4.69, 9.17) is 0 Å². The van der Waals surface area contributed by atoms with E-state index in [1.54, 1.807) is 6.07 Å². The first-order chi connectivity index (χ1) is 10.2. The predicted octanol–water partition coefficient (Wildman–Crippen LogP) is 2.97. The summed E-state index contributed by atoms with van der Waals surface area (Å²) in [5.41, 5.74) is 3.04. The zero-order chi connectivity index (χ0) is 14.7. The largest absolute Gasteiger partial charge is 0.369 e. The van der Waals surface area contributed by atoms with E-state index in [0.717, 1.165) is 37.3 Å². The van der Waals surface area contributed by atoms with Gasteiger partial charge in [0, 0.05) is 38.3 Å². The van der Waals surface area contributed by atoms with Crippen LogP contribution in [-0.2, 0) is 6.42 Å². The lowest BCUT2D eigenvalue weighted by atomic mass is 10.0. The first-order valence-electron chi connectivity index (χ1n) is 7.39. The summed E-state index contributed by atoms with van der Waals surface area (Å²) in [6.07, 6.45) is 0.616. The Balaban J connectivity index is 1.76. The van der Waals surface area contributed by atoms with Crippen LogP contribution in [0.4, 0.5) is 10.1 Å². The molecule has 0 unspecified atom stereocenters. The van der Waals surface area contributed by atoms with Crippen molar-refractivity contribution in [3.63, 3.8) is 0 Å². The maximum Gasteiger partial charge on any atom is 0.126 e. The number of benzene rings is 2. The summed E-state index contributed by atoms with van der Waals surface area (Å²) >= 11 is 0. The second-order valence-corrected chi connectivity index (χ2v) is 5.66. The molecule has 109 valence electrons. The fraction of sp³-hybridized carbons (Fsp3) is 0.333. The summed E-state index contributed by atoms with van der Waals surface area (Å²) < 4.78 is 13.7. The number of rotatable bonds is 3. The van der Waals surface area contributed by atoms with Gasteiger partial charge in [-0.1, -0.05) is 24.3 Å². The molecule has 0 aliphatic carbocycles. The van der Waals surface area contributed by atoms with Crippen LogP contribution in [0.3, 0.4) is 0 Å². The van der Waals surface area contributed by atoms with Gasteiger partial charge in [0.2, 0.25) is 0 Å². The standard InChI is InChI=1S/C18H20FN2/c1-20-9-11-21(12-10-20)17-7-4-5-15(14-17)13-16-6-2-3-8-18(16)19/h2-3,5-8,14H,9-13H2,1H3. The molecule has 2 aromatic carbocycles. The Bertz CT molecular complexity index is 604. The first-order valence-corrected chi connectivity index (χ1v) is 7.39. The van der Waals surface area contributed by atoms with Crippen LogP contribution in [-0.4, -0.2) is 38.1 Å². The molecule has 1 aliphatic heterocycles. The molecule has 0 spiro atoms. The summed E-state index contributed by atoms with van der Waals surface area (Å²) in [6.45, 7) is 4.23. The van der Waals surface area contributed by atoms with Crippen LogP contribution in [0.2, 0.25) is 0 Å². The Labute approximate surface area is 125 Å². The van der Waals surface area contributed by atoms with Crippen molar-refractivity contribution in [3.05, 3.63) is 65.5 Å². The number of piperazine rings is 1. The summed E-state index contributed by atoms with van der Waals surface area (Å²) in [5, 5.41) is 0. The van der Waals surface area contributed by atoms with E-state index in [0.29, 0.717) is 6.42 Å². The molecule has 0 aromatic heterocycles. The minimum atomic E-state index is -0.137. The lowest BCUT2D eigenvalue weighted by Gasteiger charge is -2.34. The molecule has 0 saturated carbocycles. The van der Waals surface area contributed by atoms with Gasteiger partial charge in [0.1, 0.15) is 5.82 Å².